The van der Waals surface area contributed by atoms with E-state index in [2.05, 4.69) is 17.0 Å². The van der Waals surface area contributed by atoms with Gasteiger partial charge in [-0.1, -0.05) is 32.3 Å². The lowest BCUT2D eigenvalue weighted by Crippen LogP contribution is -2.29. The number of hydrogen-bond acceptors (Lipinski definition) is 3. The highest BCUT2D eigenvalue weighted by molar-refractivity contribution is 5.87. The Labute approximate surface area is 105 Å². The largest absolute Gasteiger partial charge is 0.466 e. The lowest BCUT2D eigenvalue weighted by Gasteiger charge is -2.28. The zero-order valence-corrected chi connectivity index (χ0v) is 11.3. The summed E-state index contributed by atoms with van der Waals surface area (Å²) in [6.07, 6.45) is 7.36. The van der Waals surface area contributed by atoms with Gasteiger partial charge in [-0.05, 0) is 31.7 Å². The fraction of sp³-hybridized carbons (Fsp3) is 0.786. The van der Waals surface area contributed by atoms with Crippen LogP contribution in [-0.2, 0) is 9.53 Å². The lowest BCUT2D eigenvalue weighted by atomic mass is 9.80. The van der Waals surface area contributed by atoms with Crippen LogP contribution in [0.3, 0.4) is 0 Å². The minimum Gasteiger partial charge on any atom is -0.466 e. The maximum atomic E-state index is 11.1. The van der Waals surface area contributed by atoms with Crippen LogP contribution < -0.4 is 5.32 Å². The third-order valence-electron chi connectivity index (χ3n) is 3.76. The topological polar surface area (TPSA) is 38.3 Å². The number of ether oxygens (including phenoxy) is 1. The molecule has 1 saturated carbocycles. The number of nitrogens with one attached hydrogen (secondary N) is 1. The summed E-state index contributed by atoms with van der Waals surface area (Å²) in [7, 11) is 1.41. The molecule has 0 spiro atoms. The Kier molecular flexibility index (Phi) is 6.27. The van der Waals surface area contributed by atoms with Gasteiger partial charge in [-0.15, -0.1) is 0 Å². The molecule has 1 aliphatic rings. The highest BCUT2D eigenvalue weighted by Crippen LogP contribution is 2.28. The van der Waals surface area contributed by atoms with Gasteiger partial charge in [0.25, 0.3) is 0 Å². The molecule has 17 heavy (non-hydrogen) atoms. The summed E-state index contributed by atoms with van der Waals surface area (Å²) in [6.45, 7) is 5.95. The molecule has 0 heterocycles. The van der Waals surface area contributed by atoms with E-state index in [9.17, 15) is 4.79 Å². The minimum absolute atomic E-state index is 0.238. The van der Waals surface area contributed by atoms with Crippen LogP contribution in [0.25, 0.3) is 0 Å². The summed E-state index contributed by atoms with van der Waals surface area (Å²) >= 11 is 0. The molecule has 1 aliphatic carbocycles. The third-order valence-corrected chi connectivity index (χ3v) is 3.76. The molecule has 0 aromatic carbocycles. The van der Waals surface area contributed by atoms with Crippen molar-refractivity contribution < 1.29 is 9.53 Å². The molecule has 0 aliphatic heterocycles. The van der Waals surface area contributed by atoms with E-state index in [1.165, 1.54) is 32.8 Å². The van der Waals surface area contributed by atoms with Gasteiger partial charge in [0.1, 0.15) is 0 Å². The van der Waals surface area contributed by atoms with Crippen LogP contribution in [0.1, 0.15) is 39.5 Å². The zero-order chi connectivity index (χ0) is 12.7. The first-order valence-corrected chi connectivity index (χ1v) is 6.61. The van der Waals surface area contributed by atoms with E-state index in [1.807, 2.05) is 6.08 Å². The first-order valence-electron chi connectivity index (χ1n) is 6.61. The monoisotopic (exact) mass is 239 g/mol. The molecule has 98 valence electrons. The molecule has 0 radical (unpaired) electrons. The van der Waals surface area contributed by atoms with Crippen LogP contribution in [0.4, 0.5) is 0 Å². The quantitative estimate of drug-likeness (QED) is 0.455. The summed E-state index contributed by atoms with van der Waals surface area (Å²) in [4.78, 5) is 11.1. The average molecular weight is 239 g/mol. The van der Waals surface area contributed by atoms with E-state index in [0.717, 1.165) is 24.9 Å². The molecule has 1 N–H and O–H groups in total. The maximum Gasteiger partial charge on any atom is 0.333 e. The Morgan fingerprint density at radius 1 is 1.41 bits per heavy atom. The van der Waals surface area contributed by atoms with Crippen molar-refractivity contribution in [3.63, 3.8) is 0 Å². The van der Waals surface area contributed by atoms with Crippen LogP contribution in [0.2, 0.25) is 0 Å². The predicted octanol–water partition coefficient (Wildman–Crippen LogP) is 2.52. The molecular weight excluding hydrogens is 214 g/mol. The van der Waals surface area contributed by atoms with Crippen molar-refractivity contribution in [3.8, 4) is 0 Å². The van der Waals surface area contributed by atoms with Gasteiger partial charge in [-0.25, -0.2) is 4.79 Å². The van der Waals surface area contributed by atoms with Gasteiger partial charge in [0.05, 0.1) is 7.11 Å². The van der Waals surface area contributed by atoms with Crippen LogP contribution in [0.15, 0.2) is 11.6 Å². The zero-order valence-electron chi connectivity index (χ0n) is 11.3. The summed E-state index contributed by atoms with van der Waals surface area (Å²) in [5, 5.41) is 3.41. The average Bonchev–Trinajstić information content (AvgIpc) is 2.35. The van der Waals surface area contributed by atoms with Crippen molar-refractivity contribution in [2.24, 2.45) is 11.8 Å². The van der Waals surface area contributed by atoms with Gasteiger partial charge >= 0.3 is 5.97 Å². The molecule has 2 unspecified atom stereocenters. The van der Waals surface area contributed by atoms with E-state index < -0.39 is 0 Å². The second kappa shape index (κ2) is 7.49. The van der Waals surface area contributed by atoms with Crippen LogP contribution in [0, 0.1) is 11.8 Å². The van der Waals surface area contributed by atoms with Gasteiger partial charge in [-0.3, -0.25) is 0 Å². The van der Waals surface area contributed by atoms with Crippen molar-refractivity contribution in [2.45, 2.75) is 39.5 Å². The van der Waals surface area contributed by atoms with E-state index in [0.29, 0.717) is 5.57 Å². The van der Waals surface area contributed by atoms with Crippen molar-refractivity contribution in [1.82, 2.24) is 5.32 Å². The normalized spacial score (nSPS) is 25.7. The minimum atomic E-state index is -0.238. The summed E-state index contributed by atoms with van der Waals surface area (Å²) in [5.74, 6) is 1.40. The molecule has 1 fully saturated rings. The van der Waals surface area contributed by atoms with Gasteiger partial charge in [0.2, 0.25) is 0 Å². The number of rotatable bonds is 5. The Hall–Kier alpha value is -0.830. The molecular formula is C14H25NO2. The SMILES string of the molecule is COC(=O)C(C)=CCNCC1CCCCC1C. The molecule has 3 nitrogen and oxygen atoms in total. The highest BCUT2D eigenvalue weighted by atomic mass is 16.5. The summed E-state index contributed by atoms with van der Waals surface area (Å²) < 4.78 is 4.64. The molecule has 0 bridgehead atoms. The number of carbonyl (C=O) groups excluding carboxylic acids is 1. The maximum absolute atomic E-state index is 11.1. The first kappa shape index (κ1) is 14.2. The van der Waals surface area contributed by atoms with Crippen molar-refractivity contribution in [1.29, 1.82) is 0 Å². The standard InChI is InChI=1S/C14H25NO2/c1-11-6-4-5-7-13(11)10-15-9-8-12(2)14(16)17-3/h8,11,13,15H,4-7,9-10H2,1-3H3. The van der Waals surface area contributed by atoms with Gasteiger partial charge in [0.15, 0.2) is 0 Å². The number of methoxy groups -OCH3 is 1. The fourth-order valence-corrected chi connectivity index (χ4v) is 2.43. The molecule has 0 saturated heterocycles. The molecule has 2 atom stereocenters. The smallest absolute Gasteiger partial charge is 0.333 e. The van der Waals surface area contributed by atoms with Gasteiger partial charge < -0.3 is 10.1 Å². The Balaban J connectivity index is 2.21. The molecule has 0 aromatic heterocycles. The van der Waals surface area contributed by atoms with Crippen LogP contribution in [-0.4, -0.2) is 26.2 Å². The Morgan fingerprint density at radius 3 is 2.76 bits per heavy atom. The van der Waals surface area contributed by atoms with E-state index in [1.54, 1.807) is 6.92 Å². The van der Waals surface area contributed by atoms with Gasteiger partial charge in [0, 0.05) is 12.1 Å². The fourth-order valence-electron chi connectivity index (χ4n) is 2.43. The number of carbonyl (C=O) groups is 1. The van der Waals surface area contributed by atoms with Crippen molar-refractivity contribution in [2.75, 3.05) is 20.2 Å². The Morgan fingerprint density at radius 2 is 2.12 bits per heavy atom. The molecule has 0 aromatic rings. The third kappa shape index (κ3) is 4.90. The number of esters is 1. The van der Waals surface area contributed by atoms with Crippen molar-refractivity contribution >= 4 is 5.97 Å². The first-order chi connectivity index (χ1) is 8.15. The Bertz CT molecular complexity index is 273. The molecule has 3 heteroatoms. The van der Waals surface area contributed by atoms with E-state index >= 15 is 0 Å². The van der Waals surface area contributed by atoms with E-state index in [-0.39, 0.29) is 5.97 Å². The van der Waals surface area contributed by atoms with Crippen molar-refractivity contribution in [3.05, 3.63) is 11.6 Å². The highest BCUT2D eigenvalue weighted by Gasteiger charge is 2.20. The van der Waals surface area contributed by atoms with Crippen LogP contribution >= 0.6 is 0 Å². The summed E-state index contributed by atoms with van der Waals surface area (Å²) in [6, 6.07) is 0. The molecule has 1 rings (SSSR count). The van der Waals surface area contributed by atoms with E-state index in [4.69, 9.17) is 0 Å². The second-order valence-electron chi connectivity index (χ2n) is 5.06. The summed E-state index contributed by atoms with van der Waals surface area (Å²) in [5.41, 5.74) is 0.677. The van der Waals surface area contributed by atoms with Crippen LogP contribution in [0.5, 0.6) is 0 Å². The predicted molar refractivity (Wildman–Crippen MR) is 69.8 cm³/mol. The number of hydrogen-bond donors (Lipinski definition) is 1. The molecule has 0 amide bonds. The second-order valence-corrected chi connectivity index (χ2v) is 5.06. The lowest BCUT2D eigenvalue weighted by molar-refractivity contribution is -0.136. The van der Waals surface area contributed by atoms with Gasteiger partial charge in [-0.2, -0.15) is 0 Å².